The predicted octanol–water partition coefficient (Wildman–Crippen LogP) is 3.87. The SMILES string of the molecule is Cc1cc(C)cc(-n2c(SCC(=O)NC[C@H]3CCCO3)nc3c([nH]c4ccccc43)c2=O)c1. The number of aromatic nitrogens is 3. The molecule has 1 atom stereocenters. The number of carbonyl (C=O) groups excluding carboxylic acids is 1. The Morgan fingerprint density at radius 1 is 1.24 bits per heavy atom. The lowest BCUT2D eigenvalue weighted by molar-refractivity contribution is -0.119. The van der Waals surface area contributed by atoms with Crippen LogP contribution in [-0.4, -0.2) is 45.5 Å². The molecule has 5 rings (SSSR count). The third-order valence-corrected chi connectivity index (χ3v) is 6.78. The molecule has 0 saturated carbocycles. The minimum Gasteiger partial charge on any atom is -0.376 e. The Hall–Kier alpha value is -3.10. The number of thioether (sulfide) groups is 1. The van der Waals surface area contributed by atoms with Crippen molar-refractivity contribution in [2.24, 2.45) is 0 Å². The van der Waals surface area contributed by atoms with Crippen molar-refractivity contribution in [3.05, 3.63) is 63.9 Å². The van der Waals surface area contributed by atoms with Crippen LogP contribution in [0.25, 0.3) is 27.6 Å². The van der Waals surface area contributed by atoms with Gasteiger partial charge in [-0.15, -0.1) is 0 Å². The van der Waals surface area contributed by atoms with E-state index >= 15 is 0 Å². The number of amides is 1. The van der Waals surface area contributed by atoms with Crippen molar-refractivity contribution < 1.29 is 9.53 Å². The second-order valence-corrected chi connectivity index (χ2v) is 9.45. The Labute approximate surface area is 195 Å². The summed E-state index contributed by atoms with van der Waals surface area (Å²) in [6.07, 6.45) is 2.10. The molecule has 2 aromatic heterocycles. The second-order valence-electron chi connectivity index (χ2n) is 8.50. The largest absolute Gasteiger partial charge is 0.376 e. The fraction of sp³-hybridized carbons (Fsp3) is 0.320. The van der Waals surface area contributed by atoms with Gasteiger partial charge in [-0.3, -0.25) is 14.2 Å². The van der Waals surface area contributed by atoms with Gasteiger partial charge in [0.05, 0.1) is 17.5 Å². The Morgan fingerprint density at radius 2 is 2.03 bits per heavy atom. The van der Waals surface area contributed by atoms with Crippen LogP contribution in [0.5, 0.6) is 0 Å². The number of rotatable bonds is 6. The molecule has 7 nitrogen and oxygen atoms in total. The van der Waals surface area contributed by atoms with Crippen molar-refractivity contribution in [3.8, 4) is 5.69 Å². The van der Waals surface area contributed by atoms with Gasteiger partial charge in [0, 0.05) is 24.1 Å². The fourth-order valence-corrected chi connectivity index (χ4v) is 5.20. The summed E-state index contributed by atoms with van der Waals surface area (Å²) in [5, 5.41) is 4.33. The third-order valence-electron chi connectivity index (χ3n) is 5.84. The lowest BCUT2D eigenvalue weighted by Crippen LogP contribution is -2.33. The van der Waals surface area contributed by atoms with Gasteiger partial charge in [0.25, 0.3) is 5.56 Å². The average molecular weight is 463 g/mol. The number of H-pyrrole nitrogens is 1. The molecule has 1 fully saturated rings. The maximum atomic E-state index is 13.6. The van der Waals surface area contributed by atoms with E-state index in [1.807, 2.05) is 50.2 Å². The number of hydrogen-bond acceptors (Lipinski definition) is 5. The summed E-state index contributed by atoms with van der Waals surface area (Å²) >= 11 is 1.27. The lowest BCUT2D eigenvalue weighted by atomic mass is 10.1. The van der Waals surface area contributed by atoms with Crippen LogP contribution < -0.4 is 10.9 Å². The van der Waals surface area contributed by atoms with Gasteiger partial charge in [-0.2, -0.15) is 0 Å². The van der Waals surface area contributed by atoms with Gasteiger partial charge in [-0.25, -0.2) is 4.98 Å². The summed E-state index contributed by atoms with van der Waals surface area (Å²) in [5.74, 6) is 0.0633. The zero-order valence-electron chi connectivity index (χ0n) is 18.7. The molecule has 2 aromatic carbocycles. The van der Waals surface area contributed by atoms with Gasteiger partial charge in [-0.05, 0) is 56.0 Å². The predicted molar refractivity (Wildman–Crippen MR) is 131 cm³/mol. The van der Waals surface area contributed by atoms with Crippen LogP contribution >= 0.6 is 11.8 Å². The Kier molecular flexibility index (Phi) is 5.95. The topological polar surface area (TPSA) is 89.0 Å². The van der Waals surface area contributed by atoms with Crippen molar-refractivity contribution in [2.75, 3.05) is 18.9 Å². The molecule has 8 heteroatoms. The minimum absolute atomic E-state index is 0.0908. The molecule has 33 heavy (non-hydrogen) atoms. The molecule has 0 aliphatic carbocycles. The number of hydrogen-bond donors (Lipinski definition) is 2. The Balaban J connectivity index is 1.53. The number of aryl methyl sites for hydroxylation is 2. The minimum atomic E-state index is -0.177. The van der Waals surface area contributed by atoms with Crippen molar-refractivity contribution in [3.63, 3.8) is 0 Å². The first-order chi connectivity index (χ1) is 16.0. The summed E-state index contributed by atoms with van der Waals surface area (Å²) in [7, 11) is 0. The molecule has 170 valence electrons. The van der Waals surface area contributed by atoms with E-state index in [4.69, 9.17) is 9.72 Å². The number of aromatic amines is 1. The van der Waals surface area contributed by atoms with Gasteiger partial charge in [-0.1, -0.05) is 36.0 Å². The maximum absolute atomic E-state index is 13.6. The zero-order chi connectivity index (χ0) is 22.9. The van der Waals surface area contributed by atoms with Crippen LogP contribution in [0.1, 0.15) is 24.0 Å². The first kappa shape index (κ1) is 21.7. The molecular formula is C25H26N4O3S. The van der Waals surface area contributed by atoms with Gasteiger partial charge in [0.1, 0.15) is 11.0 Å². The summed E-state index contributed by atoms with van der Waals surface area (Å²) < 4.78 is 7.19. The Morgan fingerprint density at radius 3 is 2.79 bits per heavy atom. The number of nitrogens with zero attached hydrogens (tertiary/aromatic N) is 2. The zero-order valence-corrected chi connectivity index (χ0v) is 19.5. The standard InChI is InChI=1S/C25H26N4O3S/c1-15-10-16(2)12-17(11-15)29-24(31)23-22(19-7-3-4-8-20(19)27-23)28-25(29)33-14-21(30)26-13-18-6-5-9-32-18/h3-4,7-8,10-12,18,27H,5-6,9,13-14H2,1-2H3,(H,26,30)/t18-/m1/s1. The van der Waals surface area contributed by atoms with Crippen molar-refractivity contribution in [1.29, 1.82) is 0 Å². The van der Waals surface area contributed by atoms with Crippen LogP contribution in [0.2, 0.25) is 0 Å². The number of benzene rings is 2. The van der Waals surface area contributed by atoms with E-state index < -0.39 is 0 Å². The maximum Gasteiger partial charge on any atom is 0.283 e. The summed E-state index contributed by atoms with van der Waals surface area (Å²) in [6, 6.07) is 13.7. The molecule has 4 aromatic rings. The van der Waals surface area contributed by atoms with Crippen LogP contribution in [0, 0.1) is 13.8 Å². The first-order valence-corrected chi connectivity index (χ1v) is 12.1. The molecule has 1 amide bonds. The monoisotopic (exact) mass is 462 g/mol. The van der Waals surface area contributed by atoms with Crippen LogP contribution in [0.4, 0.5) is 0 Å². The van der Waals surface area contributed by atoms with Crippen molar-refractivity contribution in [1.82, 2.24) is 19.9 Å². The molecule has 1 aliphatic rings. The third kappa shape index (κ3) is 4.41. The summed E-state index contributed by atoms with van der Waals surface area (Å²) in [5.41, 5.74) is 4.62. The van der Waals surface area contributed by atoms with Crippen molar-refractivity contribution >= 4 is 39.6 Å². The molecule has 1 saturated heterocycles. The number of nitrogens with one attached hydrogen (secondary N) is 2. The summed E-state index contributed by atoms with van der Waals surface area (Å²) in [6.45, 7) is 5.27. The van der Waals surface area contributed by atoms with E-state index in [0.29, 0.717) is 22.7 Å². The van der Waals surface area contributed by atoms with Crippen LogP contribution in [0.15, 0.2) is 52.4 Å². The molecule has 0 radical (unpaired) electrons. The number of para-hydroxylation sites is 1. The average Bonchev–Trinajstić information content (AvgIpc) is 3.44. The van der Waals surface area contributed by atoms with E-state index in [1.54, 1.807) is 4.57 Å². The Bertz CT molecular complexity index is 1380. The molecule has 2 N–H and O–H groups in total. The molecule has 0 bridgehead atoms. The van der Waals surface area contributed by atoms with E-state index in [0.717, 1.165) is 47.2 Å². The van der Waals surface area contributed by atoms with Crippen LogP contribution in [0.3, 0.4) is 0 Å². The lowest BCUT2D eigenvalue weighted by Gasteiger charge is -2.14. The van der Waals surface area contributed by atoms with Gasteiger partial charge in [0.2, 0.25) is 5.91 Å². The first-order valence-electron chi connectivity index (χ1n) is 11.1. The number of ether oxygens (including phenoxy) is 1. The van der Waals surface area contributed by atoms with Gasteiger partial charge in [0.15, 0.2) is 5.16 Å². The molecular weight excluding hydrogens is 436 g/mol. The van der Waals surface area contributed by atoms with E-state index in [9.17, 15) is 9.59 Å². The molecule has 0 spiro atoms. The van der Waals surface area contributed by atoms with Gasteiger partial charge >= 0.3 is 0 Å². The van der Waals surface area contributed by atoms with Gasteiger partial charge < -0.3 is 15.0 Å². The highest BCUT2D eigenvalue weighted by Crippen LogP contribution is 2.27. The quantitative estimate of drug-likeness (QED) is 0.335. The fourth-order valence-electron chi connectivity index (χ4n) is 4.36. The van der Waals surface area contributed by atoms with E-state index in [-0.39, 0.29) is 23.3 Å². The smallest absolute Gasteiger partial charge is 0.283 e. The normalized spacial score (nSPS) is 16.0. The van der Waals surface area contributed by atoms with Crippen molar-refractivity contribution in [2.45, 2.75) is 37.9 Å². The van der Waals surface area contributed by atoms with E-state index in [2.05, 4.69) is 16.4 Å². The highest BCUT2D eigenvalue weighted by molar-refractivity contribution is 7.99. The summed E-state index contributed by atoms with van der Waals surface area (Å²) in [4.78, 5) is 34.3. The molecule has 0 unspecified atom stereocenters. The van der Waals surface area contributed by atoms with Crippen LogP contribution in [-0.2, 0) is 9.53 Å². The number of fused-ring (bicyclic) bond motifs is 3. The highest BCUT2D eigenvalue weighted by atomic mass is 32.2. The molecule has 1 aliphatic heterocycles. The second kappa shape index (κ2) is 9.03. The number of carbonyl (C=O) groups is 1. The molecule has 3 heterocycles. The van der Waals surface area contributed by atoms with E-state index in [1.165, 1.54) is 11.8 Å². The highest BCUT2D eigenvalue weighted by Gasteiger charge is 2.20.